The van der Waals surface area contributed by atoms with Gasteiger partial charge in [-0.05, 0) is 24.5 Å². The molecule has 0 bridgehead atoms. The minimum absolute atomic E-state index is 0.0867. The van der Waals surface area contributed by atoms with E-state index in [9.17, 15) is 9.59 Å². The van der Waals surface area contributed by atoms with Crippen LogP contribution in [0.1, 0.15) is 49.8 Å². The number of carboxylic acid groups (broad SMARTS) is 1. The van der Waals surface area contributed by atoms with E-state index >= 15 is 0 Å². The molecule has 0 saturated carbocycles. The number of amides is 1. The summed E-state index contributed by atoms with van der Waals surface area (Å²) in [6.45, 7) is 3.94. The Labute approximate surface area is 113 Å². The lowest BCUT2D eigenvalue weighted by molar-refractivity contribution is -0.137. The molecule has 19 heavy (non-hydrogen) atoms. The first-order valence-corrected chi connectivity index (χ1v) is 6.61. The van der Waals surface area contributed by atoms with E-state index < -0.39 is 12.0 Å². The molecule has 4 heteroatoms. The predicted octanol–water partition coefficient (Wildman–Crippen LogP) is 2.82. The number of benzene rings is 1. The van der Waals surface area contributed by atoms with Gasteiger partial charge in [0, 0.05) is 6.42 Å². The second-order valence-corrected chi connectivity index (χ2v) is 4.68. The molecule has 0 heterocycles. The molecule has 1 rings (SSSR count). The van der Waals surface area contributed by atoms with E-state index in [4.69, 9.17) is 5.11 Å². The molecule has 0 aromatic heterocycles. The molecule has 1 atom stereocenters. The number of rotatable bonds is 7. The van der Waals surface area contributed by atoms with Gasteiger partial charge in [0.2, 0.25) is 5.91 Å². The van der Waals surface area contributed by atoms with Gasteiger partial charge in [0.25, 0.3) is 0 Å². The number of hydrogen-bond acceptors (Lipinski definition) is 2. The molecule has 0 spiro atoms. The van der Waals surface area contributed by atoms with Gasteiger partial charge >= 0.3 is 5.97 Å². The fourth-order valence-corrected chi connectivity index (χ4v) is 1.99. The van der Waals surface area contributed by atoms with Crippen molar-refractivity contribution >= 4 is 11.9 Å². The van der Waals surface area contributed by atoms with Crippen LogP contribution < -0.4 is 5.32 Å². The first-order chi connectivity index (χ1) is 9.04. The van der Waals surface area contributed by atoms with Crippen LogP contribution in [-0.2, 0) is 9.59 Å². The highest BCUT2D eigenvalue weighted by Crippen LogP contribution is 2.20. The van der Waals surface area contributed by atoms with Crippen molar-refractivity contribution in [1.29, 1.82) is 0 Å². The lowest BCUT2D eigenvalue weighted by Crippen LogP contribution is -2.30. The lowest BCUT2D eigenvalue weighted by atomic mass is 9.98. The van der Waals surface area contributed by atoms with Gasteiger partial charge in [-0.25, -0.2) is 0 Å². The van der Waals surface area contributed by atoms with Crippen LogP contribution in [0.4, 0.5) is 0 Å². The highest BCUT2D eigenvalue weighted by atomic mass is 16.4. The first kappa shape index (κ1) is 15.2. The summed E-state index contributed by atoms with van der Waals surface area (Å²) in [5, 5.41) is 11.8. The molecule has 0 radical (unpaired) electrons. The maximum Gasteiger partial charge on any atom is 0.305 e. The molecule has 0 aliphatic rings. The number of carbonyl (C=O) groups is 2. The highest BCUT2D eigenvalue weighted by molar-refractivity contribution is 5.77. The average Bonchev–Trinajstić information content (AvgIpc) is 2.35. The Morgan fingerprint density at radius 3 is 2.58 bits per heavy atom. The molecule has 1 aromatic rings. The summed E-state index contributed by atoms with van der Waals surface area (Å²) >= 11 is 0. The van der Waals surface area contributed by atoms with E-state index in [-0.39, 0.29) is 12.3 Å². The number of aryl methyl sites for hydroxylation is 1. The van der Waals surface area contributed by atoms with E-state index in [2.05, 4.69) is 5.32 Å². The van der Waals surface area contributed by atoms with Crippen LogP contribution in [0.15, 0.2) is 24.3 Å². The summed E-state index contributed by atoms with van der Waals surface area (Å²) in [5.41, 5.74) is 1.86. The van der Waals surface area contributed by atoms with Crippen LogP contribution >= 0.6 is 0 Å². The third-order valence-corrected chi connectivity index (χ3v) is 3.04. The van der Waals surface area contributed by atoms with Crippen molar-refractivity contribution in [2.24, 2.45) is 0 Å². The van der Waals surface area contributed by atoms with Gasteiger partial charge in [-0.15, -0.1) is 0 Å². The van der Waals surface area contributed by atoms with E-state index in [0.717, 1.165) is 24.0 Å². The third kappa shape index (κ3) is 5.12. The Hall–Kier alpha value is -1.84. The summed E-state index contributed by atoms with van der Waals surface area (Å²) < 4.78 is 0. The Morgan fingerprint density at radius 2 is 2.00 bits per heavy atom. The van der Waals surface area contributed by atoms with E-state index in [1.807, 2.05) is 38.1 Å². The number of aliphatic carboxylic acids is 1. The van der Waals surface area contributed by atoms with Gasteiger partial charge in [0.05, 0.1) is 12.5 Å². The second kappa shape index (κ2) is 7.56. The van der Waals surface area contributed by atoms with Gasteiger partial charge in [-0.2, -0.15) is 0 Å². The van der Waals surface area contributed by atoms with E-state index in [0.29, 0.717) is 6.42 Å². The fourth-order valence-electron chi connectivity index (χ4n) is 1.99. The number of carboxylic acids is 1. The van der Waals surface area contributed by atoms with Crippen molar-refractivity contribution in [1.82, 2.24) is 5.32 Å². The van der Waals surface area contributed by atoms with Crippen LogP contribution in [0.25, 0.3) is 0 Å². The third-order valence-electron chi connectivity index (χ3n) is 3.04. The zero-order chi connectivity index (χ0) is 14.3. The fraction of sp³-hybridized carbons (Fsp3) is 0.467. The Balaban J connectivity index is 2.80. The van der Waals surface area contributed by atoms with Gasteiger partial charge in [-0.1, -0.05) is 37.6 Å². The second-order valence-electron chi connectivity index (χ2n) is 4.68. The molecule has 0 aliphatic heterocycles. The standard InChI is InChI=1S/C15H21NO3/c1-3-4-9-14(17)16-13(10-15(18)19)12-8-6-5-7-11(12)2/h5-8,13H,3-4,9-10H2,1-2H3,(H,16,17)(H,18,19)/t13-/m0/s1. The van der Waals surface area contributed by atoms with Crippen molar-refractivity contribution in [3.8, 4) is 0 Å². The van der Waals surface area contributed by atoms with Crippen molar-refractivity contribution in [2.75, 3.05) is 0 Å². The molecule has 4 nitrogen and oxygen atoms in total. The molecule has 0 saturated heterocycles. The van der Waals surface area contributed by atoms with Crippen molar-refractivity contribution < 1.29 is 14.7 Å². The largest absolute Gasteiger partial charge is 0.481 e. The normalized spacial score (nSPS) is 11.9. The summed E-state index contributed by atoms with van der Waals surface area (Å²) in [7, 11) is 0. The van der Waals surface area contributed by atoms with Crippen LogP contribution in [0.5, 0.6) is 0 Å². The SMILES string of the molecule is CCCCC(=O)N[C@@H](CC(=O)O)c1ccccc1C. The van der Waals surface area contributed by atoms with Crippen LogP contribution in [0.2, 0.25) is 0 Å². The molecule has 1 aromatic carbocycles. The molecular formula is C15H21NO3. The van der Waals surface area contributed by atoms with Crippen molar-refractivity contribution in [2.45, 2.75) is 45.6 Å². The first-order valence-electron chi connectivity index (χ1n) is 6.61. The maximum atomic E-state index is 11.8. The predicted molar refractivity (Wildman–Crippen MR) is 73.8 cm³/mol. The van der Waals surface area contributed by atoms with Gasteiger partial charge in [-0.3, -0.25) is 9.59 Å². The van der Waals surface area contributed by atoms with Crippen LogP contribution in [0.3, 0.4) is 0 Å². The Kier molecular flexibility index (Phi) is 6.06. The zero-order valence-corrected chi connectivity index (χ0v) is 11.5. The Morgan fingerprint density at radius 1 is 1.32 bits per heavy atom. The summed E-state index contributed by atoms with van der Waals surface area (Å²) in [5.74, 6) is -1.000. The lowest BCUT2D eigenvalue weighted by Gasteiger charge is -2.19. The van der Waals surface area contributed by atoms with Crippen LogP contribution in [0, 0.1) is 6.92 Å². The molecular weight excluding hydrogens is 242 g/mol. The van der Waals surface area contributed by atoms with Crippen molar-refractivity contribution in [3.63, 3.8) is 0 Å². The molecule has 1 amide bonds. The van der Waals surface area contributed by atoms with Crippen LogP contribution in [-0.4, -0.2) is 17.0 Å². The van der Waals surface area contributed by atoms with E-state index in [1.54, 1.807) is 0 Å². The topological polar surface area (TPSA) is 66.4 Å². The van der Waals surface area contributed by atoms with Gasteiger partial charge in [0.15, 0.2) is 0 Å². The molecule has 0 unspecified atom stereocenters. The minimum Gasteiger partial charge on any atom is -0.481 e. The average molecular weight is 263 g/mol. The van der Waals surface area contributed by atoms with Gasteiger partial charge < -0.3 is 10.4 Å². The number of hydrogen-bond donors (Lipinski definition) is 2. The number of nitrogens with one attached hydrogen (secondary N) is 1. The summed E-state index contributed by atoms with van der Waals surface area (Å²) in [6, 6.07) is 7.08. The van der Waals surface area contributed by atoms with E-state index in [1.165, 1.54) is 0 Å². The molecule has 0 aliphatic carbocycles. The molecule has 104 valence electrons. The van der Waals surface area contributed by atoms with Gasteiger partial charge in [0.1, 0.15) is 0 Å². The highest BCUT2D eigenvalue weighted by Gasteiger charge is 2.19. The molecule has 2 N–H and O–H groups in total. The van der Waals surface area contributed by atoms with Crippen molar-refractivity contribution in [3.05, 3.63) is 35.4 Å². The number of carbonyl (C=O) groups excluding carboxylic acids is 1. The number of unbranched alkanes of at least 4 members (excludes halogenated alkanes) is 1. The maximum absolute atomic E-state index is 11.8. The smallest absolute Gasteiger partial charge is 0.305 e. The minimum atomic E-state index is -0.913. The quantitative estimate of drug-likeness (QED) is 0.795. The monoisotopic (exact) mass is 263 g/mol. The zero-order valence-electron chi connectivity index (χ0n) is 11.5. The Bertz CT molecular complexity index is 443. The molecule has 0 fully saturated rings. The summed E-state index contributed by atoms with van der Waals surface area (Å²) in [4.78, 5) is 22.7. The summed E-state index contributed by atoms with van der Waals surface area (Å²) in [6.07, 6.45) is 2.11.